The normalized spacial score (nSPS) is 21.4. The van der Waals surface area contributed by atoms with Crippen LogP contribution in [0.5, 0.6) is 0 Å². The standard InChI is InChI=1S/C24H29FN4O/c1-18-15-23(29-11-13-30-14-12-29)17-20-16-21(27-24(20)26-18)6-3-19-4-7-22(8-5-19)28(2)10-9-25/h4-5,7-8,16-18,23H,9-15H2,1-2H3,(H,26,27). The van der Waals surface area contributed by atoms with Crippen LogP contribution < -0.4 is 15.6 Å². The fourth-order valence-corrected chi connectivity index (χ4v) is 4.02. The van der Waals surface area contributed by atoms with E-state index in [-0.39, 0.29) is 12.7 Å². The number of H-pyrrole nitrogens is 1. The molecule has 1 fully saturated rings. The van der Waals surface area contributed by atoms with Gasteiger partial charge in [0.25, 0.3) is 0 Å². The van der Waals surface area contributed by atoms with Crippen LogP contribution in [0.4, 0.5) is 10.1 Å². The Labute approximate surface area is 177 Å². The van der Waals surface area contributed by atoms with Crippen molar-refractivity contribution in [2.45, 2.75) is 25.4 Å². The van der Waals surface area contributed by atoms with Crippen LogP contribution in [0.3, 0.4) is 0 Å². The van der Waals surface area contributed by atoms with Crippen molar-refractivity contribution in [1.82, 2.24) is 9.88 Å². The number of aromatic nitrogens is 1. The van der Waals surface area contributed by atoms with Gasteiger partial charge < -0.3 is 14.6 Å². The van der Waals surface area contributed by atoms with Gasteiger partial charge in [-0.05, 0) is 49.6 Å². The highest BCUT2D eigenvalue weighted by Gasteiger charge is 2.22. The highest BCUT2D eigenvalue weighted by molar-refractivity contribution is 5.51. The molecule has 0 saturated carbocycles. The number of benzene rings is 1. The lowest BCUT2D eigenvalue weighted by atomic mass is 10.1. The number of morpholine rings is 1. The molecule has 4 rings (SSSR count). The lowest BCUT2D eigenvalue weighted by Crippen LogP contribution is -2.43. The molecule has 2 atom stereocenters. The fraction of sp³-hybridized carbons (Fsp3) is 0.458. The SMILES string of the molecule is CC1CC(N2CCOCC2)C=c2cc(C#Cc3ccc(N(C)CCF)cc3)[nH]c2=N1. The average Bonchev–Trinajstić information content (AvgIpc) is 3.06. The third kappa shape index (κ3) is 4.92. The second kappa shape index (κ2) is 9.46. The van der Waals surface area contributed by atoms with Gasteiger partial charge in [0.05, 0.1) is 24.9 Å². The second-order valence-electron chi connectivity index (χ2n) is 7.99. The number of hydrogen-bond donors (Lipinski definition) is 1. The Morgan fingerprint density at radius 3 is 2.73 bits per heavy atom. The molecule has 1 aromatic heterocycles. The summed E-state index contributed by atoms with van der Waals surface area (Å²) in [6, 6.07) is 10.6. The van der Waals surface area contributed by atoms with Gasteiger partial charge in [-0.1, -0.05) is 12.0 Å². The van der Waals surface area contributed by atoms with Crippen molar-refractivity contribution < 1.29 is 9.13 Å². The molecule has 30 heavy (non-hydrogen) atoms. The predicted octanol–water partition coefficient (Wildman–Crippen LogP) is 1.71. The maximum Gasteiger partial charge on any atom is 0.133 e. The Morgan fingerprint density at radius 1 is 1.23 bits per heavy atom. The molecule has 0 amide bonds. The van der Waals surface area contributed by atoms with Crippen LogP contribution in [-0.4, -0.2) is 68.5 Å². The number of fused-ring (bicyclic) bond motifs is 1. The van der Waals surface area contributed by atoms with Gasteiger partial charge >= 0.3 is 0 Å². The molecule has 0 bridgehead atoms. The number of halogens is 1. The van der Waals surface area contributed by atoms with Crippen molar-refractivity contribution in [3.63, 3.8) is 0 Å². The second-order valence-corrected chi connectivity index (χ2v) is 7.99. The Bertz CT molecular complexity index is 1030. The van der Waals surface area contributed by atoms with E-state index in [4.69, 9.17) is 9.73 Å². The lowest BCUT2D eigenvalue weighted by Gasteiger charge is -2.33. The topological polar surface area (TPSA) is 43.9 Å². The molecule has 0 spiro atoms. The van der Waals surface area contributed by atoms with Gasteiger partial charge in [0, 0.05) is 49.2 Å². The van der Waals surface area contributed by atoms with Crippen LogP contribution >= 0.6 is 0 Å². The first kappa shape index (κ1) is 20.6. The van der Waals surface area contributed by atoms with Crippen LogP contribution in [0.15, 0.2) is 35.3 Å². The number of nitrogens with one attached hydrogen (secondary N) is 1. The van der Waals surface area contributed by atoms with Gasteiger partial charge in [0.1, 0.15) is 12.2 Å². The van der Waals surface area contributed by atoms with Gasteiger partial charge in [-0.2, -0.15) is 0 Å². The molecule has 1 N–H and O–H groups in total. The molecular formula is C24H29FN4O. The number of anilines is 1. The maximum absolute atomic E-state index is 12.5. The molecule has 0 radical (unpaired) electrons. The first-order chi connectivity index (χ1) is 14.6. The van der Waals surface area contributed by atoms with E-state index in [1.54, 1.807) is 0 Å². The smallest absolute Gasteiger partial charge is 0.133 e. The molecule has 1 saturated heterocycles. The summed E-state index contributed by atoms with van der Waals surface area (Å²) in [4.78, 5) is 12.6. The summed E-state index contributed by atoms with van der Waals surface area (Å²) in [6.45, 7) is 5.74. The van der Waals surface area contributed by atoms with Gasteiger partial charge in [-0.15, -0.1) is 0 Å². The van der Waals surface area contributed by atoms with E-state index in [0.29, 0.717) is 12.6 Å². The number of aromatic amines is 1. The minimum Gasteiger partial charge on any atom is -0.379 e. The molecule has 2 aromatic rings. The van der Waals surface area contributed by atoms with E-state index in [9.17, 15) is 4.39 Å². The van der Waals surface area contributed by atoms with Gasteiger partial charge in [0.2, 0.25) is 0 Å². The summed E-state index contributed by atoms with van der Waals surface area (Å²) in [6.07, 6.45) is 3.34. The molecule has 5 nitrogen and oxygen atoms in total. The van der Waals surface area contributed by atoms with Gasteiger partial charge in [0.15, 0.2) is 0 Å². The Hall–Kier alpha value is -2.62. The summed E-state index contributed by atoms with van der Waals surface area (Å²) < 4.78 is 18.0. The minimum atomic E-state index is -0.359. The molecule has 1 aromatic carbocycles. The first-order valence-electron chi connectivity index (χ1n) is 10.6. The van der Waals surface area contributed by atoms with E-state index < -0.39 is 0 Å². The quantitative estimate of drug-likeness (QED) is 0.784. The van der Waals surface area contributed by atoms with E-state index >= 15 is 0 Å². The molecular weight excluding hydrogens is 379 g/mol. The molecule has 0 aliphatic carbocycles. The van der Waals surface area contributed by atoms with E-state index in [0.717, 1.165) is 60.4 Å². The first-order valence-corrected chi connectivity index (χ1v) is 10.6. The summed E-state index contributed by atoms with van der Waals surface area (Å²) in [5.74, 6) is 6.44. The zero-order chi connectivity index (χ0) is 20.9. The third-order valence-electron chi connectivity index (χ3n) is 5.71. The number of hydrogen-bond acceptors (Lipinski definition) is 4. The Morgan fingerprint density at radius 2 is 2.00 bits per heavy atom. The molecule has 158 valence electrons. The van der Waals surface area contributed by atoms with Crippen molar-refractivity contribution in [1.29, 1.82) is 0 Å². The fourth-order valence-electron chi connectivity index (χ4n) is 4.02. The van der Waals surface area contributed by atoms with E-state index in [2.05, 4.69) is 40.8 Å². The van der Waals surface area contributed by atoms with E-state index in [1.165, 1.54) is 0 Å². The summed E-state index contributed by atoms with van der Waals surface area (Å²) in [5.41, 5.74) is 3.71. The lowest BCUT2D eigenvalue weighted by molar-refractivity contribution is 0.0262. The minimum absolute atomic E-state index is 0.253. The zero-order valence-corrected chi connectivity index (χ0v) is 17.7. The highest BCUT2D eigenvalue weighted by atomic mass is 19.1. The van der Waals surface area contributed by atoms with E-state index in [1.807, 2.05) is 36.2 Å². The highest BCUT2D eigenvalue weighted by Crippen LogP contribution is 2.15. The van der Waals surface area contributed by atoms with Crippen LogP contribution in [0.1, 0.15) is 24.6 Å². The summed E-state index contributed by atoms with van der Waals surface area (Å²) in [7, 11) is 1.89. The van der Waals surface area contributed by atoms with Crippen molar-refractivity contribution in [2.24, 2.45) is 4.99 Å². The predicted molar refractivity (Wildman–Crippen MR) is 118 cm³/mol. The summed E-state index contributed by atoms with van der Waals surface area (Å²) >= 11 is 0. The Kier molecular flexibility index (Phi) is 6.51. The molecule has 2 unspecified atom stereocenters. The molecule has 6 heteroatoms. The van der Waals surface area contributed by atoms with Crippen molar-refractivity contribution in [3.8, 4) is 11.8 Å². The maximum atomic E-state index is 12.5. The van der Waals surface area contributed by atoms with Crippen molar-refractivity contribution >= 4 is 11.8 Å². The third-order valence-corrected chi connectivity index (χ3v) is 5.71. The van der Waals surface area contributed by atoms with Crippen LogP contribution in [-0.2, 0) is 4.74 Å². The monoisotopic (exact) mass is 408 g/mol. The van der Waals surface area contributed by atoms with Gasteiger partial charge in [-0.3, -0.25) is 9.89 Å². The Balaban J connectivity index is 1.55. The molecule has 2 aliphatic heterocycles. The molecule has 3 heterocycles. The van der Waals surface area contributed by atoms with Crippen LogP contribution in [0.2, 0.25) is 0 Å². The largest absolute Gasteiger partial charge is 0.379 e. The van der Waals surface area contributed by atoms with Crippen molar-refractivity contribution in [2.75, 3.05) is 51.5 Å². The van der Waals surface area contributed by atoms with Crippen LogP contribution in [0.25, 0.3) is 6.08 Å². The number of rotatable bonds is 4. The van der Waals surface area contributed by atoms with Gasteiger partial charge in [-0.25, -0.2) is 4.39 Å². The molecule has 2 aliphatic rings. The summed E-state index contributed by atoms with van der Waals surface area (Å²) in [5, 5.41) is 1.13. The number of ether oxygens (including phenoxy) is 1. The zero-order valence-electron chi connectivity index (χ0n) is 17.7. The number of nitrogens with zero attached hydrogens (tertiary/aromatic N) is 3. The van der Waals surface area contributed by atoms with Crippen LogP contribution in [0, 0.1) is 11.8 Å². The van der Waals surface area contributed by atoms with Crippen molar-refractivity contribution in [3.05, 3.63) is 52.3 Å². The number of alkyl halides is 1. The average molecular weight is 409 g/mol.